The van der Waals surface area contributed by atoms with E-state index in [4.69, 9.17) is 4.74 Å². The second kappa shape index (κ2) is 8.05. The molecule has 1 unspecified atom stereocenters. The number of anilines is 2. The third kappa shape index (κ3) is 3.88. The van der Waals surface area contributed by atoms with E-state index in [0.29, 0.717) is 25.2 Å². The van der Waals surface area contributed by atoms with E-state index >= 15 is 0 Å². The number of aliphatic hydroxyl groups is 1. The summed E-state index contributed by atoms with van der Waals surface area (Å²) in [5, 5.41) is 12.6. The van der Waals surface area contributed by atoms with Crippen molar-refractivity contribution in [2.45, 2.75) is 19.0 Å². The van der Waals surface area contributed by atoms with Crippen molar-refractivity contribution in [2.75, 3.05) is 37.5 Å². The van der Waals surface area contributed by atoms with Crippen LogP contribution in [0.1, 0.15) is 12.1 Å². The standard InChI is InChI=1S/C19H24N4O3/c1-22-15(13-24)9-11-23(12-17-18(22)4-3-10-20-17)19(25)21-14-5-7-16(26-2)8-6-14/h3-8,10,15,24H,9,11-13H2,1-2H3,(H,21,25). The Hall–Kier alpha value is -2.80. The first-order valence-corrected chi connectivity index (χ1v) is 8.60. The van der Waals surface area contributed by atoms with Gasteiger partial charge >= 0.3 is 6.03 Å². The number of methoxy groups -OCH3 is 1. The minimum absolute atomic E-state index is 0.0266. The Morgan fingerprint density at radius 1 is 1.35 bits per heavy atom. The zero-order valence-corrected chi connectivity index (χ0v) is 15.1. The van der Waals surface area contributed by atoms with E-state index in [1.807, 2.05) is 24.1 Å². The summed E-state index contributed by atoms with van der Waals surface area (Å²) >= 11 is 0. The highest BCUT2D eigenvalue weighted by Gasteiger charge is 2.25. The number of carbonyl (C=O) groups excluding carboxylic acids is 1. The third-order valence-corrected chi connectivity index (χ3v) is 4.71. The van der Waals surface area contributed by atoms with Crippen molar-refractivity contribution >= 4 is 17.4 Å². The molecule has 0 radical (unpaired) electrons. The molecule has 0 bridgehead atoms. The number of amides is 2. The monoisotopic (exact) mass is 356 g/mol. The number of nitrogens with zero attached hydrogens (tertiary/aromatic N) is 3. The molecule has 0 aliphatic carbocycles. The molecule has 138 valence electrons. The van der Waals surface area contributed by atoms with Crippen LogP contribution >= 0.6 is 0 Å². The molecule has 1 aliphatic heterocycles. The van der Waals surface area contributed by atoms with Crippen LogP contribution in [0, 0.1) is 0 Å². The second-order valence-electron chi connectivity index (χ2n) is 6.29. The summed E-state index contributed by atoms with van der Waals surface area (Å²) in [6, 6.07) is 10.8. The lowest BCUT2D eigenvalue weighted by atomic mass is 10.1. The smallest absolute Gasteiger partial charge is 0.322 e. The number of benzene rings is 1. The number of nitrogens with one attached hydrogen (secondary N) is 1. The lowest BCUT2D eigenvalue weighted by Gasteiger charge is -2.35. The Kier molecular flexibility index (Phi) is 5.58. The lowest BCUT2D eigenvalue weighted by Crippen LogP contribution is -2.44. The Morgan fingerprint density at radius 3 is 2.81 bits per heavy atom. The van der Waals surface area contributed by atoms with Crippen molar-refractivity contribution < 1.29 is 14.6 Å². The Bertz CT molecular complexity index is 751. The van der Waals surface area contributed by atoms with Crippen molar-refractivity contribution in [3.63, 3.8) is 0 Å². The summed E-state index contributed by atoms with van der Waals surface area (Å²) in [5.74, 6) is 0.737. The summed E-state index contributed by atoms with van der Waals surface area (Å²) in [6.45, 7) is 0.979. The van der Waals surface area contributed by atoms with Gasteiger partial charge in [-0.25, -0.2) is 4.79 Å². The number of ether oxygens (including phenoxy) is 1. The number of hydrogen-bond donors (Lipinski definition) is 2. The van der Waals surface area contributed by atoms with Crippen molar-refractivity contribution in [3.8, 4) is 5.75 Å². The van der Waals surface area contributed by atoms with Crippen LogP contribution in [0.4, 0.5) is 16.2 Å². The largest absolute Gasteiger partial charge is 0.497 e. The van der Waals surface area contributed by atoms with Gasteiger partial charge in [0.15, 0.2) is 0 Å². The topological polar surface area (TPSA) is 77.9 Å². The van der Waals surface area contributed by atoms with Crippen molar-refractivity contribution in [2.24, 2.45) is 0 Å². The minimum Gasteiger partial charge on any atom is -0.497 e. The van der Waals surface area contributed by atoms with Gasteiger partial charge in [0, 0.05) is 25.5 Å². The van der Waals surface area contributed by atoms with Crippen LogP contribution in [0.15, 0.2) is 42.6 Å². The van der Waals surface area contributed by atoms with E-state index in [0.717, 1.165) is 17.1 Å². The summed E-state index contributed by atoms with van der Waals surface area (Å²) in [6.07, 6.45) is 2.40. The highest BCUT2D eigenvalue weighted by atomic mass is 16.5. The third-order valence-electron chi connectivity index (χ3n) is 4.71. The van der Waals surface area contributed by atoms with Gasteiger partial charge in [0.2, 0.25) is 0 Å². The molecule has 1 aliphatic rings. The van der Waals surface area contributed by atoms with E-state index < -0.39 is 0 Å². The van der Waals surface area contributed by atoms with Gasteiger partial charge in [-0.05, 0) is 42.8 Å². The molecule has 0 spiro atoms. The fourth-order valence-electron chi connectivity index (χ4n) is 3.09. The van der Waals surface area contributed by atoms with E-state index in [2.05, 4.69) is 10.3 Å². The van der Waals surface area contributed by atoms with Gasteiger partial charge in [-0.15, -0.1) is 0 Å². The Labute approximate surface area is 153 Å². The van der Waals surface area contributed by atoms with Gasteiger partial charge in [-0.3, -0.25) is 4.98 Å². The number of carbonyl (C=O) groups is 1. The van der Waals surface area contributed by atoms with Crippen LogP contribution in [0.2, 0.25) is 0 Å². The maximum Gasteiger partial charge on any atom is 0.322 e. The molecule has 3 rings (SSSR count). The van der Waals surface area contributed by atoms with E-state index in [-0.39, 0.29) is 18.7 Å². The molecule has 7 heteroatoms. The molecule has 1 aromatic carbocycles. The van der Waals surface area contributed by atoms with Crippen LogP contribution < -0.4 is 15.0 Å². The zero-order chi connectivity index (χ0) is 18.5. The molecule has 7 nitrogen and oxygen atoms in total. The normalized spacial score (nSPS) is 17.1. The van der Waals surface area contributed by atoms with Crippen molar-refractivity contribution in [3.05, 3.63) is 48.3 Å². The molecule has 2 aromatic rings. The predicted octanol–water partition coefficient (Wildman–Crippen LogP) is 2.33. The number of likely N-dealkylation sites (N-methyl/N-ethyl adjacent to an activating group) is 1. The molecule has 26 heavy (non-hydrogen) atoms. The van der Waals surface area contributed by atoms with Gasteiger partial charge in [0.05, 0.1) is 37.7 Å². The molecule has 0 saturated heterocycles. The van der Waals surface area contributed by atoms with Gasteiger partial charge in [-0.1, -0.05) is 0 Å². The average Bonchev–Trinajstić information content (AvgIpc) is 2.66. The number of fused-ring (bicyclic) bond motifs is 1. The molecule has 2 N–H and O–H groups in total. The van der Waals surface area contributed by atoms with Gasteiger partial charge in [0.25, 0.3) is 0 Å². The maximum atomic E-state index is 12.8. The predicted molar refractivity (Wildman–Crippen MR) is 101 cm³/mol. The van der Waals surface area contributed by atoms with Crippen molar-refractivity contribution in [1.29, 1.82) is 0 Å². The first-order valence-electron chi connectivity index (χ1n) is 8.60. The average molecular weight is 356 g/mol. The van der Waals surface area contributed by atoms with Crippen LogP contribution in [-0.4, -0.2) is 54.4 Å². The molecule has 1 atom stereocenters. The number of urea groups is 1. The van der Waals surface area contributed by atoms with Crippen LogP contribution in [0.3, 0.4) is 0 Å². The van der Waals surface area contributed by atoms with Gasteiger partial charge in [-0.2, -0.15) is 0 Å². The zero-order valence-electron chi connectivity index (χ0n) is 15.1. The fourth-order valence-corrected chi connectivity index (χ4v) is 3.09. The molecular formula is C19H24N4O3. The number of aromatic nitrogens is 1. The highest BCUT2D eigenvalue weighted by Crippen LogP contribution is 2.25. The van der Waals surface area contributed by atoms with Crippen LogP contribution in [-0.2, 0) is 6.54 Å². The summed E-state index contributed by atoms with van der Waals surface area (Å²) in [4.78, 5) is 21.0. The SMILES string of the molecule is COc1ccc(NC(=O)N2CCC(CO)N(C)c3cccnc3C2)cc1. The minimum atomic E-state index is -0.187. The number of aliphatic hydroxyl groups excluding tert-OH is 1. The summed E-state index contributed by atoms with van der Waals surface area (Å²) < 4.78 is 5.13. The van der Waals surface area contributed by atoms with Crippen LogP contribution in [0.25, 0.3) is 0 Å². The maximum absolute atomic E-state index is 12.8. The summed E-state index contributed by atoms with van der Waals surface area (Å²) in [5.41, 5.74) is 2.46. The number of hydrogen-bond acceptors (Lipinski definition) is 5. The first-order chi connectivity index (χ1) is 12.6. The molecule has 2 heterocycles. The van der Waals surface area contributed by atoms with E-state index in [1.165, 1.54) is 0 Å². The molecule has 0 fully saturated rings. The molecule has 2 amide bonds. The first kappa shape index (κ1) is 18.0. The quantitative estimate of drug-likeness (QED) is 0.883. The highest BCUT2D eigenvalue weighted by molar-refractivity contribution is 5.89. The van der Waals surface area contributed by atoms with Gasteiger partial charge < -0.3 is 25.0 Å². The fraction of sp³-hybridized carbons (Fsp3) is 0.368. The molecule has 1 aromatic heterocycles. The Morgan fingerprint density at radius 2 is 2.12 bits per heavy atom. The second-order valence-corrected chi connectivity index (χ2v) is 6.29. The number of rotatable bonds is 3. The Balaban J connectivity index is 1.78. The van der Waals surface area contributed by atoms with E-state index in [9.17, 15) is 9.90 Å². The van der Waals surface area contributed by atoms with Crippen molar-refractivity contribution in [1.82, 2.24) is 9.88 Å². The summed E-state index contributed by atoms with van der Waals surface area (Å²) in [7, 11) is 3.56. The van der Waals surface area contributed by atoms with Gasteiger partial charge in [0.1, 0.15) is 5.75 Å². The van der Waals surface area contributed by atoms with E-state index in [1.54, 1.807) is 42.5 Å². The lowest BCUT2D eigenvalue weighted by molar-refractivity contribution is 0.195. The van der Waals surface area contributed by atoms with Crippen LogP contribution in [0.5, 0.6) is 5.75 Å². The molecular weight excluding hydrogens is 332 g/mol. The number of pyridine rings is 1. The molecule has 0 saturated carbocycles.